The third-order valence-corrected chi connectivity index (χ3v) is 3.97. The Morgan fingerprint density at radius 1 is 0.579 bits per heavy atom. The van der Waals surface area contributed by atoms with E-state index < -0.39 is 0 Å². The molecule has 0 atom stereocenters. The summed E-state index contributed by atoms with van der Waals surface area (Å²) < 4.78 is 0. The van der Waals surface area contributed by atoms with E-state index in [1.807, 2.05) is 0 Å². The number of rotatable bonds is 15. The van der Waals surface area contributed by atoms with E-state index in [0.29, 0.717) is 0 Å². The molecule has 0 saturated heterocycles. The molecule has 0 aliphatic carbocycles. The minimum absolute atomic E-state index is 0.987. The monoisotopic (exact) mass is 309 g/mol. The molecule has 0 aromatic carbocycles. The van der Waals surface area contributed by atoms with Gasteiger partial charge >= 0.3 is 90.8 Å². The van der Waals surface area contributed by atoms with E-state index in [1.54, 1.807) is 0 Å². The van der Waals surface area contributed by atoms with E-state index in [-0.39, 0.29) is 0 Å². The van der Waals surface area contributed by atoms with E-state index in [1.165, 1.54) is 89.9 Å². The summed E-state index contributed by atoms with van der Waals surface area (Å²) in [7, 11) is 0. The second-order valence-electron chi connectivity index (χ2n) is 5.60. The summed E-state index contributed by atoms with van der Waals surface area (Å²) in [5, 5.41) is 0.987. The predicted octanol–water partition coefficient (Wildman–Crippen LogP) is 6.99. The van der Waals surface area contributed by atoms with E-state index in [9.17, 15) is 0 Å². The molecule has 0 unspecified atom stereocenters. The van der Waals surface area contributed by atoms with Crippen LogP contribution in [0.2, 0.25) is 5.39 Å². The predicted molar refractivity (Wildman–Crippen MR) is 84.3 cm³/mol. The van der Waals surface area contributed by atoms with E-state index in [0.717, 1.165) is 5.39 Å². The number of hydrogen-bond donors (Lipinski definition) is 0. The van der Waals surface area contributed by atoms with Gasteiger partial charge in [0.1, 0.15) is 0 Å². The van der Waals surface area contributed by atoms with Gasteiger partial charge in [0, 0.05) is 0 Å². The normalized spacial score (nSPS) is 11.5. The molecule has 117 valence electrons. The topological polar surface area (TPSA) is 0 Å². The number of hydrogen-bond acceptors (Lipinski definition) is 0. The Morgan fingerprint density at radius 3 is 1.47 bits per heavy atom. The summed E-state index contributed by atoms with van der Waals surface area (Å²) in [6.07, 6.45) is 24.1. The molecule has 0 aromatic rings. The van der Waals surface area contributed by atoms with Gasteiger partial charge in [0.25, 0.3) is 0 Å². The van der Waals surface area contributed by atoms with Gasteiger partial charge in [-0.05, 0) is 0 Å². The Bertz CT molecular complexity index is 175. The van der Waals surface area contributed by atoms with Crippen LogP contribution in [-0.2, 0) is 15.5 Å². The van der Waals surface area contributed by atoms with Crippen molar-refractivity contribution >= 4 is 0 Å². The van der Waals surface area contributed by atoms with Gasteiger partial charge in [0.05, 0.1) is 0 Å². The molecule has 0 amide bonds. The quantitative estimate of drug-likeness (QED) is 0.174. The fraction of sp³-hybridized carbons (Fsp3) is 0.889. The molecular weight excluding hydrogens is 275 g/mol. The van der Waals surface area contributed by atoms with E-state index in [2.05, 4.69) is 34.5 Å². The summed E-state index contributed by atoms with van der Waals surface area (Å²) >= 11 is 4.68. The van der Waals surface area contributed by atoms with Crippen molar-refractivity contribution in [2.45, 2.75) is 102 Å². The summed E-state index contributed by atoms with van der Waals surface area (Å²) in [6.45, 7) is 2.28. The van der Waals surface area contributed by atoms with Gasteiger partial charge in [-0.1, -0.05) is 39.0 Å². The fourth-order valence-electron chi connectivity index (χ4n) is 2.33. The minimum atomic E-state index is 0.987. The van der Waals surface area contributed by atoms with Gasteiger partial charge in [0.15, 0.2) is 0 Å². The molecule has 0 saturated carbocycles. The van der Waals surface area contributed by atoms with Crippen molar-refractivity contribution in [1.82, 2.24) is 0 Å². The van der Waals surface area contributed by atoms with Crippen molar-refractivity contribution in [3.63, 3.8) is 0 Å². The first kappa shape index (κ1) is 19.2. The third kappa shape index (κ3) is 18.2. The molecule has 1 heteroatoms. The molecule has 0 bridgehead atoms. The van der Waals surface area contributed by atoms with Gasteiger partial charge < -0.3 is 0 Å². The summed E-state index contributed by atoms with van der Waals surface area (Å²) in [5.41, 5.74) is 0. The molecule has 0 aliphatic heterocycles. The summed E-state index contributed by atoms with van der Waals surface area (Å²) in [6, 6.07) is 0. The molecule has 0 aliphatic rings. The Labute approximate surface area is 130 Å². The van der Waals surface area contributed by atoms with Crippen molar-refractivity contribution in [3.8, 4) is 0 Å². The van der Waals surface area contributed by atoms with Crippen molar-refractivity contribution in [3.05, 3.63) is 12.2 Å². The van der Waals surface area contributed by atoms with Gasteiger partial charge in [0.2, 0.25) is 0 Å². The van der Waals surface area contributed by atoms with Crippen LogP contribution in [0.25, 0.3) is 0 Å². The van der Waals surface area contributed by atoms with Crippen LogP contribution in [0.5, 0.6) is 0 Å². The average Bonchev–Trinajstić information content (AvgIpc) is 2.43. The van der Waals surface area contributed by atoms with Crippen molar-refractivity contribution in [2.24, 2.45) is 0 Å². The summed E-state index contributed by atoms with van der Waals surface area (Å²) in [5.74, 6) is 0. The first-order valence-corrected chi connectivity index (χ1v) is 9.28. The molecule has 0 fully saturated rings. The van der Waals surface area contributed by atoms with Crippen LogP contribution in [0.15, 0.2) is 12.2 Å². The first-order valence-electron chi connectivity index (χ1n) is 8.58. The standard InChI is InChI=1S/C18H35.Ni/c1-3-5-7-9-11-13-15-17-18-16-14-12-10-8-6-4-2;/h17-18H,1,3-16H2,2H3;/b18-17-;. The van der Waals surface area contributed by atoms with E-state index >= 15 is 0 Å². The second kappa shape index (κ2) is 18.2. The molecule has 0 aromatic heterocycles. The SMILES string of the molecule is CCCCCCCC/C=C\CCCCCCC[CH2][Ni]. The van der Waals surface area contributed by atoms with Crippen LogP contribution >= 0.6 is 0 Å². The average molecular weight is 310 g/mol. The Kier molecular flexibility index (Phi) is 18.5. The number of unbranched alkanes of at least 4 members (excludes halogenated alkanes) is 12. The first-order chi connectivity index (χ1) is 9.41. The molecule has 0 nitrogen and oxygen atoms in total. The van der Waals surface area contributed by atoms with Crippen molar-refractivity contribution in [2.75, 3.05) is 0 Å². The fourth-order valence-corrected chi connectivity index (χ4v) is 2.57. The molecular formula is C18H35Ni. The van der Waals surface area contributed by atoms with Crippen LogP contribution < -0.4 is 0 Å². The Morgan fingerprint density at radius 2 is 1.00 bits per heavy atom. The molecule has 0 radical (unpaired) electrons. The van der Waals surface area contributed by atoms with Gasteiger partial charge in [-0.25, -0.2) is 0 Å². The third-order valence-electron chi connectivity index (χ3n) is 3.62. The Hall–Kier alpha value is 0.234. The van der Waals surface area contributed by atoms with Crippen LogP contribution in [0, 0.1) is 0 Å². The van der Waals surface area contributed by atoms with Gasteiger partial charge in [-0.2, -0.15) is 0 Å². The molecule has 0 spiro atoms. The van der Waals surface area contributed by atoms with Crippen LogP contribution in [0.3, 0.4) is 0 Å². The zero-order chi connectivity index (χ0) is 14.0. The zero-order valence-electron chi connectivity index (χ0n) is 13.1. The van der Waals surface area contributed by atoms with Crippen molar-refractivity contribution < 1.29 is 15.5 Å². The van der Waals surface area contributed by atoms with Gasteiger partial charge in [-0.3, -0.25) is 0 Å². The van der Waals surface area contributed by atoms with Crippen molar-refractivity contribution in [1.29, 1.82) is 0 Å². The van der Waals surface area contributed by atoms with Crippen LogP contribution in [-0.4, -0.2) is 0 Å². The van der Waals surface area contributed by atoms with Crippen LogP contribution in [0.1, 0.15) is 96.8 Å². The van der Waals surface area contributed by atoms with E-state index in [4.69, 9.17) is 0 Å². The molecule has 0 heterocycles. The molecule has 0 rings (SSSR count). The van der Waals surface area contributed by atoms with Crippen LogP contribution in [0.4, 0.5) is 0 Å². The molecule has 0 N–H and O–H groups in total. The number of allylic oxidation sites excluding steroid dienone is 2. The summed E-state index contributed by atoms with van der Waals surface area (Å²) in [4.78, 5) is 0. The maximum absolute atomic E-state index is 4.68. The Balaban J connectivity index is 3.01. The maximum atomic E-state index is 4.68. The molecule has 19 heavy (non-hydrogen) atoms. The zero-order valence-corrected chi connectivity index (χ0v) is 14.1. The second-order valence-corrected chi connectivity index (χ2v) is 6.09. The van der Waals surface area contributed by atoms with Gasteiger partial charge in [-0.15, -0.1) is 0 Å².